The van der Waals surface area contributed by atoms with Crippen molar-refractivity contribution >= 4 is 23.3 Å². The number of urea groups is 1. The summed E-state index contributed by atoms with van der Waals surface area (Å²) in [6.45, 7) is 3.04. The average Bonchev–Trinajstić information content (AvgIpc) is 3.28. The monoisotopic (exact) mass is 440 g/mol. The van der Waals surface area contributed by atoms with Crippen LogP contribution in [0.25, 0.3) is 0 Å². The number of amides is 3. The maximum absolute atomic E-state index is 13.6. The molecule has 0 bridgehead atoms. The third-order valence-corrected chi connectivity index (χ3v) is 6.17. The third kappa shape index (κ3) is 3.67. The highest BCUT2D eigenvalue weighted by Gasteiger charge is 2.45. The molecule has 3 amide bonds. The lowest BCUT2D eigenvalue weighted by Crippen LogP contribution is -2.60. The number of likely N-dealkylation sites (N-methyl/N-ethyl adjacent to an activating group) is 1. The van der Waals surface area contributed by atoms with Crippen molar-refractivity contribution in [1.29, 1.82) is 0 Å². The summed E-state index contributed by atoms with van der Waals surface area (Å²) in [7, 11) is 1.68. The predicted octanol–water partition coefficient (Wildman–Crippen LogP) is 3.75. The number of hydrogen-bond acceptors (Lipinski definition) is 3. The summed E-state index contributed by atoms with van der Waals surface area (Å²) in [5.74, 6) is -1.40. The van der Waals surface area contributed by atoms with E-state index in [1.165, 1.54) is 0 Å². The number of nitrogens with one attached hydrogen (secondary N) is 1. The summed E-state index contributed by atoms with van der Waals surface area (Å²) in [5.41, 5.74) is -0.194. The Morgan fingerprint density at radius 3 is 2.71 bits per heavy atom. The molecule has 166 valence electrons. The summed E-state index contributed by atoms with van der Waals surface area (Å²) in [5, 5.41) is 6.86. The molecule has 0 saturated carbocycles. The minimum absolute atomic E-state index is 0.000862. The summed E-state index contributed by atoms with van der Waals surface area (Å²) in [4.78, 5) is 27.0. The molecule has 1 aromatic carbocycles. The van der Waals surface area contributed by atoms with Crippen molar-refractivity contribution < 1.29 is 31.6 Å². The number of anilines is 2. The van der Waals surface area contributed by atoms with Gasteiger partial charge < -0.3 is 4.90 Å². The van der Waals surface area contributed by atoms with E-state index < -0.39 is 23.6 Å². The van der Waals surface area contributed by atoms with Gasteiger partial charge in [-0.1, -0.05) is 0 Å². The zero-order chi connectivity index (χ0) is 22.6. The number of halogens is 4. The quantitative estimate of drug-likeness (QED) is 0.572. The second-order valence-corrected chi connectivity index (χ2v) is 8.21. The minimum atomic E-state index is -4.87. The molecule has 2 unspecified atom stereocenters. The van der Waals surface area contributed by atoms with Crippen LogP contribution < -0.4 is 10.2 Å². The smallest absolute Gasteiger partial charge is 0.309 e. The fourth-order valence-corrected chi connectivity index (χ4v) is 4.09. The predicted molar refractivity (Wildman–Crippen MR) is 104 cm³/mol. The van der Waals surface area contributed by atoms with Crippen LogP contribution in [0.4, 0.5) is 33.7 Å². The standard InChI is InChI=1S/C20H21F4N5O2/c1-12-10-28-17(16(9-25-28)27-7-3-4-18(27)30)11-29(12,2)19(31)26-13-5-6-15(21)14(8-13)20(22,23)24/h5-6,8-9,12H,3-4,7,10-11H2,1-2H3/p+1. The van der Waals surface area contributed by atoms with Crippen LogP contribution in [0.3, 0.4) is 0 Å². The molecule has 11 heteroatoms. The lowest BCUT2D eigenvalue weighted by molar-refractivity contribution is -0.870. The Kier molecular flexibility index (Phi) is 5.03. The van der Waals surface area contributed by atoms with E-state index in [0.29, 0.717) is 37.3 Å². The Balaban J connectivity index is 1.61. The van der Waals surface area contributed by atoms with E-state index >= 15 is 0 Å². The van der Waals surface area contributed by atoms with Gasteiger partial charge in [0.2, 0.25) is 5.91 Å². The van der Waals surface area contributed by atoms with Crippen molar-refractivity contribution in [3.63, 3.8) is 0 Å². The van der Waals surface area contributed by atoms with Gasteiger partial charge >= 0.3 is 12.2 Å². The molecule has 31 heavy (non-hydrogen) atoms. The van der Waals surface area contributed by atoms with E-state index in [1.54, 1.807) is 22.8 Å². The summed E-state index contributed by atoms with van der Waals surface area (Å²) >= 11 is 0. The van der Waals surface area contributed by atoms with Gasteiger partial charge in [-0.15, -0.1) is 0 Å². The maximum Gasteiger partial charge on any atom is 0.421 e. The molecule has 4 rings (SSSR count). The van der Waals surface area contributed by atoms with E-state index in [-0.39, 0.29) is 28.7 Å². The fourth-order valence-electron chi connectivity index (χ4n) is 4.09. The first-order chi connectivity index (χ1) is 14.5. The molecule has 0 radical (unpaired) electrons. The fraction of sp³-hybridized carbons (Fsp3) is 0.450. The number of fused-ring (bicyclic) bond motifs is 1. The molecule has 2 aliphatic heterocycles. The van der Waals surface area contributed by atoms with E-state index in [9.17, 15) is 27.2 Å². The van der Waals surface area contributed by atoms with Crippen LogP contribution in [0, 0.1) is 5.82 Å². The van der Waals surface area contributed by atoms with Crippen molar-refractivity contribution in [1.82, 2.24) is 9.78 Å². The number of hydrogen-bond donors (Lipinski definition) is 1. The number of alkyl halides is 3. The van der Waals surface area contributed by atoms with Crippen LogP contribution in [0.1, 0.15) is 31.0 Å². The summed E-state index contributed by atoms with van der Waals surface area (Å²) in [6, 6.07) is 1.61. The van der Waals surface area contributed by atoms with Gasteiger partial charge in [-0.2, -0.15) is 18.3 Å². The number of nitrogens with zero attached hydrogens (tertiary/aromatic N) is 4. The molecule has 1 saturated heterocycles. The van der Waals surface area contributed by atoms with E-state index in [1.807, 2.05) is 6.92 Å². The van der Waals surface area contributed by atoms with Crippen molar-refractivity contribution in [2.24, 2.45) is 0 Å². The van der Waals surface area contributed by atoms with E-state index in [4.69, 9.17) is 0 Å². The second kappa shape index (κ2) is 7.33. The van der Waals surface area contributed by atoms with E-state index in [2.05, 4.69) is 10.4 Å². The molecule has 2 aromatic rings. The van der Waals surface area contributed by atoms with Gasteiger partial charge in [0, 0.05) is 18.7 Å². The molecule has 7 nitrogen and oxygen atoms in total. The number of rotatable bonds is 2. The molecule has 2 atom stereocenters. The number of benzene rings is 1. The first-order valence-electron chi connectivity index (χ1n) is 9.89. The molecule has 3 heterocycles. The average molecular weight is 440 g/mol. The van der Waals surface area contributed by atoms with Crippen LogP contribution in [0.5, 0.6) is 0 Å². The zero-order valence-electron chi connectivity index (χ0n) is 17.0. The summed E-state index contributed by atoms with van der Waals surface area (Å²) < 4.78 is 54.2. The number of quaternary nitrogens is 1. The SMILES string of the molecule is CC1Cn2ncc(N3CCCC3=O)c2C[N+]1(C)C(=O)Nc1ccc(F)c(C(F)(F)F)c1. The number of carbonyl (C=O) groups excluding carboxylic acids is 2. The lowest BCUT2D eigenvalue weighted by atomic mass is 10.1. The van der Waals surface area contributed by atoms with Gasteiger partial charge in [-0.3, -0.25) is 14.8 Å². The van der Waals surface area contributed by atoms with Crippen LogP contribution >= 0.6 is 0 Å². The van der Waals surface area contributed by atoms with Crippen molar-refractivity contribution in [2.75, 3.05) is 23.8 Å². The topological polar surface area (TPSA) is 67.2 Å². The van der Waals surface area contributed by atoms with Gasteiger partial charge in [-0.25, -0.2) is 13.7 Å². The Labute approximate surface area is 175 Å². The van der Waals surface area contributed by atoms with Gasteiger partial charge in [0.25, 0.3) is 0 Å². The Hall–Kier alpha value is -2.95. The van der Waals surface area contributed by atoms with Gasteiger partial charge in [0.05, 0.1) is 31.0 Å². The Bertz CT molecular complexity index is 1050. The molecule has 1 N–H and O–H groups in total. The molecule has 1 fully saturated rings. The largest absolute Gasteiger partial charge is 0.421 e. The first kappa shape index (κ1) is 21.3. The number of carbonyl (C=O) groups is 2. The van der Waals surface area contributed by atoms with E-state index in [0.717, 1.165) is 18.2 Å². The van der Waals surface area contributed by atoms with Gasteiger partial charge in [0.1, 0.15) is 24.1 Å². The zero-order valence-corrected chi connectivity index (χ0v) is 17.0. The van der Waals surface area contributed by atoms with Gasteiger partial charge in [-0.05, 0) is 31.5 Å². The van der Waals surface area contributed by atoms with Gasteiger partial charge in [0.15, 0.2) is 0 Å². The normalized spacial score (nSPS) is 23.7. The highest BCUT2D eigenvalue weighted by atomic mass is 19.4. The van der Waals surface area contributed by atoms with Crippen molar-refractivity contribution in [2.45, 2.75) is 45.1 Å². The molecule has 0 spiro atoms. The minimum Gasteiger partial charge on any atom is -0.309 e. The van der Waals surface area contributed by atoms with Crippen molar-refractivity contribution in [3.05, 3.63) is 41.5 Å². The first-order valence-corrected chi connectivity index (χ1v) is 9.89. The Morgan fingerprint density at radius 1 is 1.32 bits per heavy atom. The highest BCUT2D eigenvalue weighted by Crippen LogP contribution is 2.35. The summed E-state index contributed by atoms with van der Waals surface area (Å²) in [6.07, 6.45) is -2.04. The number of aromatic nitrogens is 2. The Morgan fingerprint density at radius 2 is 2.06 bits per heavy atom. The van der Waals surface area contributed by atoms with Crippen molar-refractivity contribution in [3.8, 4) is 0 Å². The lowest BCUT2D eigenvalue weighted by Gasteiger charge is -2.40. The third-order valence-electron chi connectivity index (χ3n) is 6.17. The molecule has 1 aromatic heterocycles. The van der Waals surface area contributed by atoms with Crippen LogP contribution in [-0.2, 0) is 24.1 Å². The second-order valence-electron chi connectivity index (χ2n) is 8.21. The van der Waals surface area contributed by atoms with Crippen LogP contribution in [0.2, 0.25) is 0 Å². The molecule has 0 aliphatic carbocycles. The molecule has 2 aliphatic rings. The molecular formula is C20H22F4N5O2+. The van der Waals surface area contributed by atoms with Crippen LogP contribution in [0.15, 0.2) is 24.4 Å². The molecular weight excluding hydrogens is 418 g/mol. The van der Waals surface area contributed by atoms with Crippen LogP contribution in [-0.4, -0.2) is 45.8 Å². The highest BCUT2D eigenvalue weighted by molar-refractivity contribution is 5.95. The maximum atomic E-state index is 13.6.